The molecule has 11 heteroatoms. The monoisotopic (exact) mass is 914 g/mol. The molecular formula is C49H64N2O8Pd. The van der Waals surface area contributed by atoms with Crippen molar-refractivity contribution in [2.45, 2.75) is 138 Å². The van der Waals surface area contributed by atoms with Crippen molar-refractivity contribution in [1.29, 1.82) is 0 Å². The number of aliphatic imine (C=N–C) groups is 2. The zero-order chi connectivity index (χ0) is 43.7. The van der Waals surface area contributed by atoms with E-state index in [4.69, 9.17) is 20.2 Å². The first-order valence-electron chi connectivity index (χ1n) is 21.1. The number of aromatic carboxylic acids is 2. The summed E-state index contributed by atoms with van der Waals surface area (Å²) >= 11 is 0. The molecule has 0 aliphatic heterocycles. The Kier molecular flexibility index (Phi) is 25.9. The second kappa shape index (κ2) is 29.3. The van der Waals surface area contributed by atoms with Crippen LogP contribution < -0.4 is 10.2 Å². The van der Waals surface area contributed by atoms with Crippen molar-refractivity contribution < 1.29 is 60.7 Å². The zero-order valence-electron chi connectivity index (χ0n) is 36.2. The minimum atomic E-state index is -1.28. The van der Waals surface area contributed by atoms with Gasteiger partial charge in [0, 0.05) is 0 Å². The molecule has 4 rings (SSSR count). The van der Waals surface area contributed by atoms with E-state index in [1.165, 1.54) is 81.3 Å². The smallest absolute Gasteiger partial charge is 0.869 e. The molecule has 0 spiro atoms. The molecule has 0 aliphatic rings. The van der Waals surface area contributed by atoms with Gasteiger partial charge >= 0.3 is 32.4 Å². The molecule has 0 saturated heterocycles. The van der Waals surface area contributed by atoms with E-state index in [9.17, 15) is 30.0 Å². The van der Waals surface area contributed by atoms with E-state index in [0.29, 0.717) is 35.1 Å². The van der Waals surface area contributed by atoms with E-state index in [1.54, 1.807) is 13.8 Å². The van der Waals surface area contributed by atoms with Crippen LogP contribution in [0.4, 0.5) is 11.4 Å². The Bertz CT molecular complexity index is 1890. The third-order valence-electron chi connectivity index (χ3n) is 9.77. The van der Waals surface area contributed by atoms with Gasteiger partial charge in [-0.25, -0.2) is 9.59 Å². The van der Waals surface area contributed by atoms with Crippen LogP contribution in [0.2, 0.25) is 0 Å². The van der Waals surface area contributed by atoms with Crippen LogP contribution in [0.25, 0.3) is 0 Å². The summed E-state index contributed by atoms with van der Waals surface area (Å²) in [5.74, 6) is -5.13. The van der Waals surface area contributed by atoms with Crippen LogP contribution in [-0.2, 0) is 33.3 Å². The Morgan fingerprint density at radius 3 is 1.22 bits per heavy atom. The number of para-hydroxylation sites is 2. The minimum Gasteiger partial charge on any atom is -0.869 e. The summed E-state index contributed by atoms with van der Waals surface area (Å²) in [5.41, 5.74) is 6.14. The molecule has 4 N–H and O–H groups in total. The molecule has 0 aliphatic carbocycles. The van der Waals surface area contributed by atoms with Gasteiger partial charge in [0.1, 0.15) is 11.5 Å². The maximum Gasteiger partial charge on any atom is 2.00 e. The van der Waals surface area contributed by atoms with Gasteiger partial charge in [0.15, 0.2) is 0 Å². The predicted molar refractivity (Wildman–Crippen MR) is 236 cm³/mol. The number of hydrogen-bond donors (Lipinski definition) is 4. The van der Waals surface area contributed by atoms with Crippen LogP contribution in [0.5, 0.6) is 23.0 Å². The molecular weight excluding hydrogens is 851 g/mol. The van der Waals surface area contributed by atoms with E-state index in [1.807, 2.05) is 26.0 Å². The number of rotatable bonds is 20. The number of benzene rings is 4. The number of carboxylic acids is 2. The van der Waals surface area contributed by atoms with Gasteiger partial charge in [-0.2, -0.15) is 0 Å². The average Bonchev–Trinajstić information content (AvgIpc) is 3.21. The van der Waals surface area contributed by atoms with Gasteiger partial charge in [-0.15, -0.1) is 0 Å². The first-order chi connectivity index (χ1) is 28.3. The van der Waals surface area contributed by atoms with Crippen molar-refractivity contribution in [3.05, 3.63) is 106 Å². The van der Waals surface area contributed by atoms with Gasteiger partial charge in [0.05, 0.1) is 33.9 Å². The van der Waals surface area contributed by atoms with Crippen molar-refractivity contribution in [2.24, 2.45) is 9.98 Å². The van der Waals surface area contributed by atoms with E-state index in [2.05, 4.69) is 62.4 Å². The molecule has 4 aromatic carbocycles. The molecule has 328 valence electrons. The Balaban J connectivity index is 0.000000490. The fraction of sp³-hybridized carbons (Fsp3) is 0.429. The van der Waals surface area contributed by atoms with E-state index >= 15 is 0 Å². The first-order valence-corrected chi connectivity index (χ1v) is 21.1. The molecule has 0 fully saturated rings. The average molecular weight is 915 g/mol. The van der Waals surface area contributed by atoms with Crippen molar-refractivity contribution >= 4 is 34.7 Å². The summed E-state index contributed by atoms with van der Waals surface area (Å²) < 4.78 is 0. The molecule has 0 bridgehead atoms. The van der Waals surface area contributed by atoms with E-state index < -0.39 is 34.9 Å². The van der Waals surface area contributed by atoms with Crippen LogP contribution in [0.1, 0.15) is 154 Å². The summed E-state index contributed by atoms with van der Waals surface area (Å²) in [6, 6.07) is 23.3. The quantitative estimate of drug-likeness (QED) is 0.0383. The maximum absolute atomic E-state index is 11.4. The summed E-state index contributed by atoms with van der Waals surface area (Å²) in [6.45, 7) is 11.7. The molecule has 0 heterocycles. The van der Waals surface area contributed by atoms with Gasteiger partial charge in [-0.1, -0.05) is 133 Å². The molecule has 4 aromatic rings. The van der Waals surface area contributed by atoms with Crippen molar-refractivity contribution in [3.63, 3.8) is 0 Å². The molecule has 60 heavy (non-hydrogen) atoms. The molecule has 0 atom stereocenters. The van der Waals surface area contributed by atoms with Gasteiger partial charge in [0.2, 0.25) is 0 Å². The number of aromatic hydroxyl groups is 2. The number of aryl methyl sites for hydroxylation is 2. The standard InChI is InChI=1S/C27H38N2.2C11H14O4.Pd/c1-3-5-7-8-9-17-23-27(29-25-20-15-11-16-21-25)26(22-12-6-4-2)28-24-18-13-10-14-19-24;2*1-3-4-7-6(2)5-8(12)10(13)9(7)11(14)15;/h10-11,13-16,18-21H,3-9,12,17,22-23H2,1-2H3;2*5,12-13H,3-4H2,1-2H3,(H,14,15);/q;;;+2/p-2. The molecule has 10 nitrogen and oxygen atoms in total. The molecule has 0 amide bonds. The Labute approximate surface area is 370 Å². The Morgan fingerprint density at radius 1 is 0.533 bits per heavy atom. The number of unbranched alkanes of at least 4 members (excludes halogenated alkanes) is 7. The fourth-order valence-corrected chi connectivity index (χ4v) is 6.70. The van der Waals surface area contributed by atoms with Crippen molar-refractivity contribution in [1.82, 2.24) is 0 Å². The van der Waals surface area contributed by atoms with E-state index in [-0.39, 0.29) is 31.5 Å². The van der Waals surface area contributed by atoms with Crippen LogP contribution in [0.15, 0.2) is 82.8 Å². The van der Waals surface area contributed by atoms with Gasteiger partial charge in [0.25, 0.3) is 0 Å². The Hall–Kier alpha value is -4.98. The van der Waals surface area contributed by atoms with Gasteiger partial charge in [-0.3, -0.25) is 9.98 Å². The second-order valence-corrected chi connectivity index (χ2v) is 14.7. The van der Waals surface area contributed by atoms with Crippen molar-refractivity contribution in [3.8, 4) is 23.0 Å². The van der Waals surface area contributed by atoms with Crippen molar-refractivity contribution in [2.75, 3.05) is 0 Å². The Morgan fingerprint density at radius 2 is 0.867 bits per heavy atom. The fourth-order valence-electron chi connectivity index (χ4n) is 6.70. The molecule has 0 saturated carbocycles. The summed E-state index contributed by atoms with van der Waals surface area (Å²) in [6.07, 6.45) is 16.0. The van der Waals surface area contributed by atoms with Crippen LogP contribution >= 0.6 is 0 Å². The zero-order valence-corrected chi connectivity index (χ0v) is 37.7. The third kappa shape index (κ3) is 17.7. The number of nitrogens with zero attached hydrogens (tertiary/aromatic N) is 2. The van der Waals surface area contributed by atoms with Gasteiger partial charge < -0.3 is 30.6 Å². The topological polar surface area (TPSA) is 186 Å². The summed E-state index contributed by atoms with van der Waals surface area (Å²) in [4.78, 5) is 31.9. The third-order valence-corrected chi connectivity index (χ3v) is 9.77. The molecule has 0 aromatic heterocycles. The maximum atomic E-state index is 11.4. The predicted octanol–water partition coefficient (Wildman–Crippen LogP) is 11.7. The van der Waals surface area contributed by atoms with Crippen LogP contribution in [0.3, 0.4) is 0 Å². The SMILES string of the molecule is CCCCCCCCC(=Nc1ccccc1)C(CCCCC)=Nc1ccccc1.CCCc1c(C)cc(O)c([O-])c1C(=O)O.CCCc1c(C)cc(O)c([O-])c1C(=O)O.[Pd+2]. The molecule has 0 unspecified atom stereocenters. The summed E-state index contributed by atoms with van der Waals surface area (Å²) in [5, 5.41) is 59.2. The van der Waals surface area contributed by atoms with E-state index in [0.717, 1.165) is 37.1 Å². The largest absolute Gasteiger partial charge is 2.00 e. The normalized spacial score (nSPS) is 11.1. The minimum absolute atomic E-state index is 0. The van der Waals surface area contributed by atoms with Crippen LogP contribution in [0, 0.1) is 13.8 Å². The number of carbonyl (C=O) groups is 2. The first kappa shape index (κ1) is 53.0. The molecule has 0 radical (unpaired) electrons. The number of phenols is 2. The van der Waals surface area contributed by atoms with Crippen LogP contribution in [-0.4, -0.2) is 43.8 Å². The number of phenolic OH excluding ortho intramolecular Hbond substituents is 2. The summed E-state index contributed by atoms with van der Waals surface area (Å²) in [7, 11) is 0. The number of carboxylic acid groups (broad SMARTS) is 2. The second-order valence-electron chi connectivity index (χ2n) is 14.7. The number of hydrogen-bond acceptors (Lipinski definition) is 8. The van der Waals surface area contributed by atoms with Gasteiger partial charge in [-0.05, 0) is 111 Å².